The lowest BCUT2D eigenvalue weighted by atomic mass is 9.92. The van der Waals surface area contributed by atoms with Gasteiger partial charge in [0.1, 0.15) is 0 Å². The second kappa shape index (κ2) is 6.60. The molecule has 0 fully saturated rings. The van der Waals surface area contributed by atoms with Crippen LogP contribution >= 0.6 is 27.3 Å². The van der Waals surface area contributed by atoms with E-state index in [9.17, 15) is 0 Å². The molecule has 0 saturated heterocycles. The fraction of sp³-hybridized carbons (Fsp3) is 0.533. The topological polar surface area (TPSA) is 50.1 Å². The summed E-state index contributed by atoms with van der Waals surface area (Å²) in [5.41, 5.74) is 2.58. The van der Waals surface area contributed by atoms with E-state index in [0.717, 1.165) is 12.8 Å². The lowest BCUT2D eigenvalue weighted by Gasteiger charge is -2.27. The van der Waals surface area contributed by atoms with Crippen molar-refractivity contribution in [2.45, 2.75) is 44.8 Å². The summed E-state index contributed by atoms with van der Waals surface area (Å²) >= 11 is 5.39. The summed E-state index contributed by atoms with van der Waals surface area (Å²) in [5.74, 6) is 0. The molecule has 2 heterocycles. The molecule has 2 N–H and O–H groups in total. The highest BCUT2D eigenvalue weighted by molar-refractivity contribution is 9.10. The standard InChI is InChI=1S/C15H20BrN3OS/c1-10(15-12(16)5-8-21-15)18-13-3-2-4-14-11(13)9-17-19(14)6-7-20/h5,8-10,13,18,20H,2-4,6-7H2,1H3. The Balaban J connectivity index is 1.78. The summed E-state index contributed by atoms with van der Waals surface area (Å²) in [5, 5.41) is 19.4. The minimum absolute atomic E-state index is 0.144. The summed E-state index contributed by atoms with van der Waals surface area (Å²) in [6, 6.07) is 2.77. The van der Waals surface area contributed by atoms with Crippen molar-refractivity contribution in [1.82, 2.24) is 15.1 Å². The zero-order valence-corrected chi connectivity index (χ0v) is 14.5. The van der Waals surface area contributed by atoms with E-state index in [2.05, 4.69) is 44.7 Å². The van der Waals surface area contributed by atoms with Gasteiger partial charge in [-0.25, -0.2) is 0 Å². The zero-order valence-electron chi connectivity index (χ0n) is 12.1. The fourth-order valence-corrected chi connectivity index (χ4v) is 4.81. The quantitative estimate of drug-likeness (QED) is 0.848. The summed E-state index contributed by atoms with van der Waals surface area (Å²) in [4.78, 5) is 1.34. The van der Waals surface area contributed by atoms with E-state index in [1.54, 1.807) is 11.3 Å². The molecular formula is C15H20BrN3OS. The number of nitrogens with zero attached hydrogens (tertiary/aromatic N) is 2. The molecule has 2 atom stereocenters. The first-order chi connectivity index (χ1) is 10.2. The van der Waals surface area contributed by atoms with Gasteiger partial charge in [-0.1, -0.05) is 0 Å². The number of fused-ring (bicyclic) bond motifs is 1. The average molecular weight is 370 g/mol. The maximum Gasteiger partial charge on any atom is 0.0644 e. The highest BCUT2D eigenvalue weighted by Crippen LogP contribution is 2.34. The SMILES string of the molecule is CC(NC1CCCc2c1cnn2CCO)c1sccc1Br. The number of hydrogen-bond donors (Lipinski definition) is 2. The number of rotatable bonds is 5. The van der Waals surface area contributed by atoms with Crippen molar-refractivity contribution in [3.63, 3.8) is 0 Å². The second-order valence-corrected chi connectivity index (χ2v) is 7.26. The van der Waals surface area contributed by atoms with Crippen LogP contribution in [0.1, 0.15) is 48.0 Å². The van der Waals surface area contributed by atoms with E-state index in [0.29, 0.717) is 18.6 Å². The molecular weight excluding hydrogens is 350 g/mol. The zero-order chi connectivity index (χ0) is 14.8. The van der Waals surface area contributed by atoms with Crippen LogP contribution < -0.4 is 5.32 Å². The molecule has 114 valence electrons. The first-order valence-corrected chi connectivity index (χ1v) is 9.02. The third kappa shape index (κ3) is 3.08. The largest absolute Gasteiger partial charge is 0.394 e. The molecule has 2 unspecified atom stereocenters. The first-order valence-electron chi connectivity index (χ1n) is 7.35. The maximum absolute atomic E-state index is 9.13. The number of aromatic nitrogens is 2. The Morgan fingerprint density at radius 2 is 2.48 bits per heavy atom. The van der Waals surface area contributed by atoms with Gasteiger partial charge in [-0.3, -0.25) is 4.68 Å². The molecule has 0 spiro atoms. The molecule has 0 aromatic carbocycles. The van der Waals surface area contributed by atoms with Crippen LogP contribution in [0.2, 0.25) is 0 Å². The molecule has 3 rings (SSSR count). The molecule has 1 aliphatic carbocycles. The lowest BCUT2D eigenvalue weighted by molar-refractivity contribution is 0.266. The molecule has 1 aliphatic rings. The van der Waals surface area contributed by atoms with E-state index in [4.69, 9.17) is 5.11 Å². The van der Waals surface area contributed by atoms with Gasteiger partial charge in [-0.2, -0.15) is 5.10 Å². The van der Waals surface area contributed by atoms with Crippen LogP contribution in [0.3, 0.4) is 0 Å². The van der Waals surface area contributed by atoms with Gasteiger partial charge >= 0.3 is 0 Å². The molecule has 0 radical (unpaired) electrons. The van der Waals surface area contributed by atoms with E-state index in [1.807, 2.05) is 10.9 Å². The highest BCUT2D eigenvalue weighted by Gasteiger charge is 2.26. The number of aliphatic hydroxyl groups is 1. The Bertz CT molecular complexity index is 610. The summed E-state index contributed by atoms with van der Waals surface area (Å²) in [6.07, 6.45) is 5.34. The number of hydrogen-bond acceptors (Lipinski definition) is 4. The molecule has 2 aromatic rings. The van der Waals surface area contributed by atoms with Crippen molar-refractivity contribution >= 4 is 27.3 Å². The lowest BCUT2D eigenvalue weighted by Crippen LogP contribution is -2.27. The second-order valence-electron chi connectivity index (χ2n) is 5.46. The van der Waals surface area contributed by atoms with Crippen molar-refractivity contribution in [1.29, 1.82) is 0 Å². The smallest absolute Gasteiger partial charge is 0.0644 e. The molecule has 0 amide bonds. The van der Waals surface area contributed by atoms with Crippen LogP contribution in [0.25, 0.3) is 0 Å². The van der Waals surface area contributed by atoms with Crippen LogP contribution in [0.4, 0.5) is 0 Å². The van der Waals surface area contributed by atoms with Crippen LogP contribution in [-0.2, 0) is 13.0 Å². The number of halogens is 1. The maximum atomic E-state index is 9.13. The number of aliphatic hydroxyl groups excluding tert-OH is 1. The summed E-state index contributed by atoms with van der Waals surface area (Å²) < 4.78 is 3.13. The van der Waals surface area contributed by atoms with Gasteiger partial charge in [0.05, 0.1) is 19.3 Å². The third-order valence-electron chi connectivity index (χ3n) is 4.06. The predicted molar refractivity (Wildman–Crippen MR) is 88.6 cm³/mol. The van der Waals surface area contributed by atoms with E-state index >= 15 is 0 Å². The Labute approximate surface area is 137 Å². The third-order valence-corrected chi connectivity index (χ3v) is 6.12. The Kier molecular flexibility index (Phi) is 4.78. The minimum Gasteiger partial charge on any atom is -0.394 e. The van der Waals surface area contributed by atoms with E-state index in [-0.39, 0.29) is 6.61 Å². The molecule has 0 bridgehead atoms. The molecule has 4 nitrogen and oxygen atoms in total. The molecule has 6 heteroatoms. The van der Waals surface area contributed by atoms with Crippen LogP contribution in [0.15, 0.2) is 22.1 Å². The molecule has 0 aliphatic heterocycles. The molecule has 0 saturated carbocycles. The normalized spacial score (nSPS) is 19.5. The minimum atomic E-state index is 0.144. The Morgan fingerprint density at radius 3 is 3.19 bits per heavy atom. The summed E-state index contributed by atoms with van der Waals surface area (Å²) in [7, 11) is 0. The summed E-state index contributed by atoms with van der Waals surface area (Å²) in [6.45, 7) is 2.95. The van der Waals surface area contributed by atoms with Crippen molar-refractivity contribution in [3.8, 4) is 0 Å². The van der Waals surface area contributed by atoms with Gasteiger partial charge in [0.15, 0.2) is 0 Å². The van der Waals surface area contributed by atoms with Crippen molar-refractivity contribution in [2.24, 2.45) is 0 Å². The fourth-order valence-electron chi connectivity index (χ4n) is 3.07. The monoisotopic (exact) mass is 369 g/mol. The predicted octanol–water partition coefficient (Wildman–Crippen LogP) is 3.43. The number of thiophene rings is 1. The molecule has 2 aromatic heterocycles. The van der Waals surface area contributed by atoms with Crippen molar-refractivity contribution in [2.75, 3.05) is 6.61 Å². The van der Waals surface area contributed by atoms with Gasteiger partial charge in [0.25, 0.3) is 0 Å². The van der Waals surface area contributed by atoms with Gasteiger partial charge < -0.3 is 10.4 Å². The van der Waals surface area contributed by atoms with Gasteiger partial charge in [0.2, 0.25) is 0 Å². The van der Waals surface area contributed by atoms with E-state index < -0.39 is 0 Å². The van der Waals surface area contributed by atoms with Crippen LogP contribution in [0.5, 0.6) is 0 Å². The highest BCUT2D eigenvalue weighted by atomic mass is 79.9. The van der Waals surface area contributed by atoms with Crippen molar-refractivity contribution in [3.05, 3.63) is 38.3 Å². The van der Waals surface area contributed by atoms with Crippen LogP contribution in [0, 0.1) is 0 Å². The van der Waals surface area contributed by atoms with Crippen molar-refractivity contribution < 1.29 is 5.11 Å². The van der Waals surface area contributed by atoms with Gasteiger partial charge in [-0.15, -0.1) is 11.3 Å². The Hall–Kier alpha value is -0.690. The molecule has 21 heavy (non-hydrogen) atoms. The van der Waals surface area contributed by atoms with Gasteiger partial charge in [-0.05, 0) is 53.6 Å². The van der Waals surface area contributed by atoms with Crippen LogP contribution in [-0.4, -0.2) is 21.5 Å². The number of nitrogens with one attached hydrogen (secondary N) is 1. The Morgan fingerprint density at radius 1 is 1.62 bits per heavy atom. The first kappa shape index (κ1) is 15.2. The average Bonchev–Trinajstić information content (AvgIpc) is 3.07. The van der Waals surface area contributed by atoms with E-state index in [1.165, 1.54) is 27.0 Å². The van der Waals surface area contributed by atoms with Gasteiger partial charge in [0, 0.05) is 32.7 Å².